The van der Waals surface area contributed by atoms with E-state index >= 15 is 0 Å². The number of aromatic nitrogens is 2. The normalized spacial score (nSPS) is 11.6. The summed E-state index contributed by atoms with van der Waals surface area (Å²) >= 11 is 0. The number of rotatable bonds is 16. The van der Waals surface area contributed by atoms with E-state index in [1.54, 1.807) is 5.82 Å². The van der Waals surface area contributed by atoms with Gasteiger partial charge in [-0.2, -0.15) is 0 Å². The molecule has 0 unspecified atom stereocenters. The van der Waals surface area contributed by atoms with Crippen molar-refractivity contribution in [1.82, 2.24) is 4.57 Å². The highest BCUT2D eigenvalue weighted by molar-refractivity contribution is 4.86. The van der Waals surface area contributed by atoms with E-state index in [0.29, 0.717) is 6.04 Å². The fourth-order valence-corrected chi connectivity index (χ4v) is 3.69. The highest BCUT2D eigenvalue weighted by Gasteiger charge is 2.18. The molecule has 0 radical (unpaired) electrons. The summed E-state index contributed by atoms with van der Waals surface area (Å²) in [6.45, 7) is 10.4. The van der Waals surface area contributed by atoms with Crippen molar-refractivity contribution in [2.75, 3.05) is 0 Å². The molecule has 25 heavy (non-hydrogen) atoms. The highest BCUT2D eigenvalue weighted by Crippen LogP contribution is 2.14. The van der Waals surface area contributed by atoms with Gasteiger partial charge in [0.25, 0.3) is 5.82 Å². The third-order valence-electron chi connectivity index (χ3n) is 5.35. The van der Waals surface area contributed by atoms with Crippen LogP contribution in [0.4, 0.5) is 0 Å². The van der Waals surface area contributed by atoms with Gasteiger partial charge in [0, 0.05) is 6.42 Å². The summed E-state index contributed by atoms with van der Waals surface area (Å²) in [4.78, 5) is 0. The van der Waals surface area contributed by atoms with Gasteiger partial charge in [-0.15, -0.1) is 0 Å². The van der Waals surface area contributed by atoms with Crippen molar-refractivity contribution in [2.24, 2.45) is 0 Å². The maximum absolute atomic E-state index is 2.50. The lowest BCUT2D eigenvalue weighted by Gasteiger charge is -2.08. The molecule has 0 atom stereocenters. The van der Waals surface area contributed by atoms with Gasteiger partial charge in [-0.1, -0.05) is 84.5 Å². The molecular formula is C23H45N2+. The molecule has 2 heteroatoms. The Morgan fingerprint density at radius 1 is 0.760 bits per heavy atom. The fourth-order valence-electron chi connectivity index (χ4n) is 3.69. The second-order valence-corrected chi connectivity index (χ2v) is 8.05. The smallest absolute Gasteiger partial charge is 0.234 e. The minimum absolute atomic E-state index is 0.575. The lowest BCUT2D eigenvalue weighted by molar-refractivity contribution is -0.704. The van der Waals surface area contributed by atoms with Crippen LogP contribution in [0.2, 0.25) is 0 Å². The zero-order chi connectivity index (χ0) is 18.3. The molecule has 1 aromatic heterocycles. The average molecular weight is 350 g/mol. The molecule has 2 nitrogen and oxygen atoms in total. The molecule has 0 saturated carbocycles. The van der Waals surface area contributed by atoms with Crippen molar-refractivity contribution in [3.63, 3.8) is 0 Å². The molecule has 0 aliphatic heterocycles. The van der Waals surface area contributed by atoms with E-state index in [-0.39, 0.29) is 0 Å². The Hall–Kier alpha value is -0.790. The molecule has 0 fully saturated rings. The van der Waals surface area contributed by atoms with E-state index < -0.39 is 0 Å². The first-order valence-electron chi connectivity index (χ1n) is 11.3. The second kappa shape index (κ2) is 14.4. The van der Waals surface area contributed by atoms with Crippen molar-refractivity contribution in [3.05, 3.63) is 18.2 Å². The van der Waals surface area contributed by atoms with Crippen LogP contribution in [0.15, 0.2) is 12.4 Å². The van der Waals surface area contributed by atoms with E-state index in [1.165, 1.54) is 96.4 Å². The quantitative estimate of drug-likeness (QED) is 0.224. The van der Waals surface area contributed by atoms with Crippen molar-refractivity contribution < 1.29 is 4.57 Å². The molecule has 0 aromatic carbocycles. The van der Waals surface area contributed by atoms with Gasteiger partial charge in [-0.05, 0) is 26.7 Å². The molecule has 1 rings (SSSR count). The SMILES string of the molecule is CCCCCCCCCCCCCc1n(C(C)C)cc[n+]1CCCC. The summed E-state index contributed by atoms with van der Waals surface area (Å²) in [6.07, 6.45) is 24.0. The van der Waals surface area contributed by atoms with Crippen molar-refractivity contribution in [2.45, 2.75) is 130 Å². The summed E-state index contributed by atoms with van der Waals surface area (Å²) in [5.74, 6) is 1.54. The van der Waals surface area contributed by atoms with Crippen LogP contribution in [0, 0.1) is 0 Å². The minimum atomic E-state index is 0.575. The molecule has 0 aliphatic carbocycles. The van der Waals surface area contributed by atoms with E-state index in [9.17, 15) is 0 Å². The van der Waals surface area contributed by atoms with Crippen molar-refractivity contribution in [3.8, 4) is 0 Å². The monoisotopic (exact) mass is 349 g/mol. The topological polar surface area (TPSA) is 8.81 Å². The Kier molecular flexibility index (Phi) is 12.8. The summed E-state index contributed by atoms with van der Waals surface area (Å²) in [5.41, 5.74) is 0. The van der Waals surface area contributed by atoms with Gasteiger partial charge in [-0.25, -0.2) is 9.13 Å². The van der Waals surface area contributed by atoms with E-state index in [4.69, 9.17) is 0 Å². The zero-order valence-electron chi connectivity index (χ0n) is 17.7. The summed E-state index contributed by atoms with van der Waals surface area (Å²) in [6, 6.07) is 0.575. The molecule has 146 valence electrons. The second-order valence-electron chi connectivity index (χ2n) is 8.05. The van der Waals surface area contributed by atoms with Crippen LogP contribution in [0.1, 0.15) is 123 Å². The van der Waals surface area contributed by atoms with Crippen LogP contribution in [0.3, 0.4) is 0 Å². The van der Waals surface area contributed by atoms with Crippen LogP contribution in [-0.2, 0) is 13.0 Å². The molecule has 0 amide bonds. The van der Waals surface area contributed by atoms with Gasteiger partial charge in [0.2, 0.25) is 0 Å². The van der Waals surface area contributed by atoms with Crippen LogP contribution < -0.4 is 4.57 Å². The summed E-state index contributed by atoms with van der Waals surface area (Å²) in [5, 5.41) is 0. The van der Waals surface area contributed by atoms with Gasteiger partial charge in [0.05, 0.1) is 12.6 Å². The van der Waals surface area contributed by atoms with Gasteiger partial charge in [0.1, 0.15) is 12.4 Å². The number of imidazole rings is 1. The first kappa shape index (κ1) is 22.3. The number of hydrogen-bond acceptors (Lipinski definition) is 0. The fraction of sp³-hybridized carbons (Fsp3) is 0.870. The van der Waals surface area contributed by atoms with Gasteiger partial charge >= 0.3 is 0 Å². The largest absolute Gasteiger partial charge is 0.256 e. The minimum Gasteiger partial charge on any atom is -0.234 e. The maximum Gasteiger partial charge on any atom is 0.256 e. The first-order valence-corrected chi connectivity index (χ1v) is 11.3. The number of unbranched alkanes of at least 4 members (excludes halogenated alkanes) is 11. The predicted molar refractivity (Wildman–Crippen MR) is 110 cm³/mol. The average Bonchev–Trinajstić information content (AvgIpc) is 3.01. The maximum atomic E-state index is 2.50. The highest BCUT2D eigenvalue weighted by atomic mass is 15.2. The molecule has 1 aromatic rings. The molecule has 0 saturated heterocycles. The molecule has 1 heterocycles. The Balaban J connectivity index is 2.17. The van der Waals surface area contributed by atoms with Gasteiger partial charge in [-0.3, -0.25) is 0 Å². The van der Waals surface area contributed by atoms with Crippen LogP contribution in [0.5, 0.6) is 0 Å². The van der Waals surface area contributed by atoms with E-state index in [0.717, 1.165) is 0 Å². The Labute approximate surface area is 158 Å². The lowest BCUT2D eigenvalue weighted by Crippen LogP contribution is -2.37. The van der Waals surface area contributed by atoms with Crippen molar-refractivity contribution >= 4 is 0 Å². The number of hydrogen-bond donors (Lipinski definition) is 0. The lowest BCUT2D eigenvalue weighted by atomic mass is 10.1. The van der Waals surface area contributed by atoms with Gasteiger partial charge < -0.3 is 0 Å². The third-order valence-corrected chi connectivity index (χ3v) is 5.35. The predicted octanol–water partition coefficient (Wildman–Crippen LogP) is 7.01. The molecule has 0 bridgehead atoms. The molecule has 0 spiro atoms. The van der Waals surface area contributed by atoms with Crippen molar-refractivity contribution in [1.29, 1.82) is 0 Å². The molecular weight excluding hydrogens is 304 g/mol. The Bertz CT molecular complexity index is 420. The van der Waals surface area contributed by atoms with Crippen LogP contribution in [0.25, 0.3) is 0 Å². The van der Waals surface area contributed by atoms with Crippen LogP contribution in [-0.4, -0.2) is 4.57 Å². The van der Waals surface area contributed by atoms with E-state index in [2.05, 4.69) is 49.2 Å². The standard InChI is InChI=1S/C23H45N2/c1-5-7-9-10-11-12-13-14-15-16-17-18-23-24(19-8-6-2)20-21-25(23)22(3)4/h20-22H,5-19H2,1-4H3/q+1. The Morgan fingerprint density at radius 3 is 1.80 bits per heavy atom. The first-order chi connectivity index (χ1) is 12.2. The Morgan fingerprint density at radius 2 is 1.28 bits per heavy atom. The summed E-state index contributed by atoms with van der Waals surface area (Å²) < 4.78 is 4.98. The number of aryl methyl sites for hydroxylation is 1. The molecule has 0 aliphatic rings. The summed E-state index contributed by atoms with van der Waals surface area (Å²) in [7, 11) is 0. The number of nitrogens with zero attached hydrogens (tertiary/aromatic N) is 2. The van der Waals surface area contributed by atoms with Gasteiger partial charge in [0.15, 0.2) is 0 Å². The van der Waals surface area contributed by atoms with E-state index in [1.807, 2.05) is 0 Å². The third kappa shape index (κ3) is 9.47. The van der Waals surface area contributed by atoms with Crippen LogP contribution >= 0.6 is 0 Å². The zero-order valence-corrected chi connectivity index (χ0v) is 17.7. The molecule has 0 N–H and O–H groups in total.